The molecule has 0 spiro atoms. The fraction of sp³-hybridized carbons (Fsp3) is 0.562. The van der Waals surface area contributed by atoms with E-state index in [-0.39, 0.29) is 5.82 Å². The molecule has 0 fully saturated rings. The summed E-state index contributed by atoms with van der Waals surface area (Å²) in [6, 6.07) is 4.66. The Kier molecular flexibility index (Phi) is 7.70. The van der Waals surface area contributed by atoms with Gasteiger partial charge >= 0.3 is 0 Å². The summed E-state index contributed by atoms with van der Waals surface area (Å²) in [6.07, 6.45) is 4.63. The van der Waals surface area contributed by atoms with Crippen molar-refractivity contribution in [1.29, 1.82) is 0 Å². The van der Waals surface area contributed by atoms with E-state index in [4.69, 9.17) is 18.0 Å². The van der Waals surface area contributed by atoms with E-state index >= 15 is 0 Å². The predicted molar refractivity (Wildman–Crippen MR) is 87.4 cm³/mol. The second-order valence-electron chi connectivity index (χ2n) is 5.15. The number of rotatable bonds is 9. The highest BCUT2D eigenvalue weighted by atomic mass is 32.1. The topological polar surface area (TPSA) is 29.3 Å². The van der Waals surface area contributed by atoms with Crippen LogP contribution < -0.4 is 5.73 Å². The van der Waals surface area contributed by atoms with Gasteiger partial charge in [-0.3, -0.25) is 4.90 Å². The first-order valence-corrected chi connectivity index (χ1v) is 7.79. The molecule has 2 N–H and O–H groups in total. The van der Waals surface area contributed by atoms with Gasteiger partial charge in [-0.15, -0.1) is 0 Å². The molecule has 4 heteroatoms. The normalized spacial score (nSPS) is 11.0. The van der Waals surface area contributed by atoms with E-state index in [1.807, 2.05) is 0 Å². The molecular weight excluding hydrogens is 271 g/mol. The summed E-state index contributed by atoms with van der Waals surface area (Å²) in [5, 5.41) is 0. The molecule has 0 saturated heterocycles. The van der Waals surface area contributed by atoms with E-state index in [0.717, 1.165) is 49.9 Å². The molecule has 20 heavy (non-hydrogen) atoms. The van der Waals surface area contributed by atoms with Crippen LogP contribution in [-0.2, 0) is 6.54 Å². The van der Waals surface area contributed by atoms with Crippen LogP contribution in [0.1, 0.15) is 50.7 Å². The first kappa shape index (κ1) is 17.1. The number of benzene rings is 1. The van der Waals surface area contributed by atoms with Crippen molar-refractivity contribution >= 4 is 17.2 Å². The van der Waals surface area contributed by atoms with E-state index < -0.39 is 0 Å². The molecule has 2 nitrogen and oxygen atoms in total. The Morgan fingerprint density at radius 1 is 1.20 bits per heavy atom. The quantitative estimate of drug-likeness (QED) is 0.702. The summed E-state index contributed by atoms with van der Waals surface area (Å²) in [7, 11) is 0. The lowest BCUT2D eigenvalue weighted by atomic mass is 10.1. The summed E-state index contributed by atoms with van der Waals surface area (Å²) in [6.45, 7) is 7.14. The van der Waals surface area contributed by atoms with Crippen molar-refractivity contribution in [3.8, 4) is 0 Å². The fourth-order valence-electron chi connectivity index (χ4n) is 2.21. The van der Waals surface area contributed by atoms with Crippen molar-refractivity contribution in [3.05, 3.63) is 35.1 Å². The molecule has 0 heterocycles. The molecule has 0 bridgehead atoms. The summed E-state index contributed by atoms with van der Waals surface area (Å²) in [5.41, 5.74) is 7.42. The average Bonchev–Trinajstić information content (AvgIpc) is 2.41. The van der Waals surface area contributed by atoms with Crippen molar-refractivity contribution in [1.82, 2.24) is 4.90 Å². The van der Waals surface area contributed by atoms with Crippen LogP contribution in [0.4, 0.5) is 4.39 Å². The predicted octanol–water partition coefficient (Wildman–Crippen LogP) is 3.86. The van der Waals surface area contributed by atoms with Crippen LogP contribution in [0.5, 0.6) is 0 Å². The van der Waals surface area contributed by atoms with Gasteiger partial charge in [-0.2, -0.15) is 0 Å². The van der Waals surface area contributed by atoms with Gasteiger partial charge in [-0.1, -0.05) is 38.9 Å². The Hall–Kier alpha value is -1.00. The Balaban J connectivity index is 2.84. The highest BCUT2D eigenvalue weighted by Crippen LogP contribution is 2.15. The zero-order valence-electron chi connectivity index (χ0n) is 12.5. The van der Waals surface area contributed by atoms with Crippen molar-refractivity contribution in [3.63, 3.8) is 0 Å². The molecule has 0 aromatic heterocycles. The van der Waals surface area contributed by atoms with Gasteiger partial charge in [0, 0.05) is 12.1 Å². The van der Waals surface area contributed by atoms with Gasteiger partial charge in [0.2, 0.25) is 0 Å². The maximum atomic E-state index is 13.5. The second kappa shape index (κ2) is 9.03. The highest BCUT2D eigenvalue weighted by molar-refractivity contribution is 7.80. The Morgan fingerprint density at radius 2 is 1.80 bits per heavy atom. The van der Waals surface area contributed by atoms with Crippen LogP contribution >= 0.6 is 12.2 Å². The lowest BCUT2D eigenvalue weighted by Gasteiger charge is -2.23. The smallest absolute Gasteiger partial charge is 0.123 e. The van der Waals surface area contributed by atoms with Gasteiger partial charge in [0.15, 0.2) is 0 Å². The number of nitrogens with two attached hydrogens (primary N) is 1. The highest BCUT2D eigenvalue weighted by Gasteiger charge is 2.11. The van der Waals surface area contributed by atoms with Gasteiger partial charge in [-0.05, 0) is 49.7 Å². The second-order valence-corrected chi connectivity index (χ2v) is 5.59. The monoisotopic (exact) mass is 296 g/mol. The molecule has 0 radical (unpaired) electrons. The molecule has 0 saturated carbocycles. The molecule has 0 atom stereocenters. The molecular formula is C16H25FN2S. The standard InChI is InChI=1S/C16H25FN2S/c1-3-5-9-19(10-6-4-2)12-13-11-14(17)7-8-15(13)16(18)20/h7-8,11H,3-6,9-10,12H2,1-2H3,(H2,18,20). The third-order valence-corrected chi connectivity index (χ3v) is 3.60. The fourth-order valence-corrected chi connectivity index (χ4v) is 2.41. The number of thiocarbonyl (C=S) groups is 1. The van der Waals surface area contributed by atoms with Gasteiger partial charge in [-0.25, -0.2) is 4.39 Å². The molecule has 0 unspecified atom stereocenters. The van der Waals surface area contributed by atoms with Crippen LogP contribution in [0.25, 0.3) is 0 Å². The number of nitrogens with zero attached hydrogens (tertiary/aromatic N) is 1. The van der Waals surface area contributed by atoms with E-state index in [9.17, 15) is 4.39 Å². The Bertz CT molecular complexity index is 426. The van der Waals surface area contributed by atoms with Crippen molar-refractivity contribution in [2.24, 2.45) is 5.73 Å². The molecule has 112 valence electrons. The first-order chi connectivity index (χ1) is 9.58. The number of hydrogen-bond acceptors (Lipinski definition) is 2. The van der Waals surface area contributed by atoms with Crippen LogP contribution in [-0.4, -0.2) is 23.0 Å². The molecule has 1 rings (SSSR count). The summed E-state index contributed by atoms with van der Waals surface area (Å²) >= 11 is 5.06. The number of hydrogen-bond donors (Lipinski definition) is 1. The summed E-state index contributed by atoms with van der Waals surface area (Å²) in [5.74, 6) is -0.231. The van der Waals surface area contributed by atoms with Gasteiger partial charge in [0.1, 0.15) is 10.8 Å². The maximum absolute atomic E-state index is 13.5. The molecule has 0 amide bonds. The third kappa shape index (κ3) is 5.55. The Labute approximate surface area is 127 Å². The van der Waals surface area contributed by atoms with Gasteiger partial charge in [0.25, 0.3) is 0 Å². The van der Waals surface area contributed by atoms with Crippen molar-refractivity contribution < 1.29 is 4.39 Å². The van der Waals surface area contributed by atoms with Gasteiger partial charge in [0.05, 0.1) is 0 Å². The SMILES string of the molecule is CCCCN(CCCC)Cc1cc(F)ccc1C(N)=S. The van der Waals surface area contributed by atoms with Crippen LogP contribution in [0.3, 0.4) is 0 Å². The van der Waals surface area contributed by atoms with Crippen molar-refractivity contribution in [2.45, 2.75) is 46.1 Å². The zero-order chi connectivity index (χ0) is 15.0. The third-order valence-electron chi connectivity index (χ3n) is 3.38. The molecule has 0 aliphatic rings. The van der Waals surface area contributed by atoms with Crippen LogP contribution in [0.15, 0.2) is 18.2 Å². The zero-order valence-corrected chi connectivity index (χ0v) is 13.3. The minimum atomic E-state index is -0.231. The van der Waals surface area contributed by atoms with Crippen LogP contribution in [0.2, 0.25) is 0 Å². The number of unbranched alkanes of at least 4 members (excludes halogenated alkanes) is 2. The minimum absolute atomic E-state index is 0.231. The molecule has 1 aromatic carbocycles. The maximum Gasteiger partial charge on any atom is 0.123 e. The van der Waals surface area contributed by atoms with Crippen LogP contribution in [0, 0.1) is 5.82 Å². The lowest BCUT2D eigenvalue weighted by Crippen LogP contribution is -2.27. The van der Waals surface area contributed by atoms with E-state index in [1.54, 1.807) is 12.1 Å². The lowest BCUT2D eigenvalue weighted by molar-refractivity contribution is 0.256. The van der Waals surface area contributed by atoms with E-state index in [1.165, 1.54) is 6.07 Å². The first-order valence-electron chi connectivity index (χ1n) is 7.39. The molecule has 0 aliphatic carbocycles. The molecule has 0 aliphatic heterocycles. The van der Waals surface area contributed by atoms with Crippen molar-refractivity contribution in [2.75, 3.05) is 13.1 Å². The number of halogens is 1. The summed E-state index contributed by atoms with van der Waals surface area (Å²) in [4.78, 5) is 2.70. The average molecular weight is 296 g/mol. The minimum Gasteiger partial charge on any atom is -0.389 e. The van der Waals surface area contributed by atoms with E-state index in [2.05, 4.69) is 18.7 Å². The Morgan fingerprint density at radius 3 is 2.30 bits per heavy atom. The summed E-state index contributed by atoms with van der Waals surface area (Å²) < 4.78 is 13.5. The van der Waals surface area contributed by atoms with E-state index in [0.29, 0.717) is 11.5 Å². The largest absolute Gasteiger partial charge is 0.389 e. The molecule has 1 aromatic rings. The van der Waals surface area contributed by atoms with Gasteiger partial charge < -0.3 is 5.73 Å².